The van der Waals surface area contributed by atoms with Gasteiger partial charge in [-0.3, -0.25) is 0 Å². The normalized spacial score (nSPS) is 15.6. The van der Waals surface area contributed by atoms with Gasteiger partial charge in [-0.1, -0.05) is 65.3 Å². The van der Waals surface area contributed by atoms with Crippen LogP contribution in [0.15, 0.2) is 42.2 Å². The Balaban J connectivity index is 5.25. The molecule has 0 rings (SSSR count). The van der Waals surface area contributed by atoms with Crippen molar-refractivity contribution in [1.29, 1.82) is 0 Å². The summed E-state index contributed by atoms with van der Waals surface area (Å²) in [7, 11) is 0. The molecule has 2 nitrogen and oxygen atoms in total. The van der Waals surface area contributed by atoms with Crippen molar-refractivity contribution < 1.29 is 0 Å². The van der Waals surface area contributed by atoms with Crippen molar-refractivity contribution in [2.75, 3.05) is 0 Å². The quantitative estimate of drug-likeness (QED) is 0.470. The second-order valence-electron chi connectivity index (χ2n) is 5.00. The molecule has 0 aromatic heterocycles. The Morgan fingerprint density at radius 2 is 1.94 bits per heavy atom. The van der Waals surface area contributed by atoms with E-state index in [2.05, 4.69) is 38.9 Å². The number of nitrogens with zero attached hydrogens (tertiary/aromatic N) is 1. The first-order valence-electron chi connectivity index (χ1n) is 6.82. The number of nitrogens with two attached hydrogens (primary N) is 1. The van der Waals surface area contributed by atoms with Gasteiger partial charge in [-0.15, -0.1) is 0 Å². The Labute approximate surface area is 112 Å². The Bertz CT molecular complexity index is 326. The van der Waals surface area contributed by atoms with Gasteiger partial charge in [0, 0.05) is 11.1 Å². The Kier molecular flexibility index (Phi) is 8.10. The summed E-state index contributed by atoms with van der Waals surface area (Å²) in [6, 6.07) is 0. The number of rotatable bonds is 9. The SMILES string of the molecule is C=C/C=C\C(=NC(=C)N)C(C)(CCC)CCCC. The number of unbranched alkanes of at least 4 members (excludes halogenated alkanes) is 1. The van der Waals surface area contributed by atoms with Crippen LogP contribution in [0.3, 0.4) is 0 Å². The highest BCUT2D eigenvalue weighted by Crippen LogP contribution is 2.32. The topological polar surface area (TPSA) is 38.4 Å². The first kappa shape index (κ1) is 16.7. The minimum atomic E-state index is 0.0760. The largest absolute Gasteiger partial charge is 0.384 e. The second kappa shape index (κ2) is 8.73. The van der Waals surface area contributed by atoms with E-state index in [0.29, 0.717) is 5.82 Å². The van der Waals surface area contributed by atoms with Crippen LogP contribution in [0.5, 0.6) is 0 Å². The maximum atomic E-state index is 5.64. The van der Waals surface area contributed by atoms with Crippen molar-refractivity contribution in [3.63, 3.8) is 0 Å². The van der Waals surface area contributed by atoms with Crippen molar-refractivity contribution in [3.8, 4) is 0 Å². The first-order chi connectivity index (χ1) is 8.50. The zero-order valence-corrected chi connectivity index (χ0v) is 12.2. The third kappa shape index (κ3) is 5.85. The number of hydrogen-bond donors (Lipinski definition) is 1. The van der Waals surface area contributed by atoms with Gasteiger partial charge in [0.1, 0.15) is 5.82 Å². The van der Waals surface area contributed by atoms with Crippen LogP contribution in [-0.4, -0.2) is 5.71 Å². The van der Waals surface area contributed by atoms with Crippen LogP contribution in [0.4, 0.5) is 0 Å². The predicted molar refractivity (Wildman–Crippen MR) is 82.6 cm³/mol. The third-order valence-corrected chi connectivity index (χ3v) is 3.16. The van der Waals surface area contributed by atoms with Crippen LogP contribution in [0.2, 0.25) is 0 Å². The summed E-state index contributed by atoms with van der Waals surface area (Å²) in [6.45, 7) is 14.1. The number of hydrogen-bond acceptors (Lipinski definition) is 2. The molecule has 0 aliphatic heterocycles. The zero-order valence-electron chi connectivity index (χ0n) is 12.2. The summed E-state index contributed by atoms with van der Waals surface area (Å²) in [5.41, 5.74) is 6.74. The molecule has 2 N–H and O–H groups in total. The molecule has 0 radical (unpaired) electrons. The van der Waals surface area contributed by atoms with E-state index in [1.165, 1.54) is 12.8 Å². The molecule has 102 valence electrons. The smallest absolute Gasteiger partial charge is 0.116 e. The molecule has 0 aromatic carbocycles. The molecule has 18 heavy (non-hydrogen) atoms. The monoisotopic (exact) mass is 248 g/mol. The van der Waals surface area contributed by atoms with E-state index >= 15 is 0 Å². The molecular weight excluding hydrogens is 220 g/mol. The fourth-order valence-electron chi connectivity index (χ4n) is 2.19. The van der Waals surface area contributed by atoms with Gasteiger partial charge in [0.2, 0.25) is 0 Å². The van der Waals surface area contributed by atoms with Gasteiger partial charge in [-0.2, -0.15) is 0 Å². The number of allylic oxidation sites excluding steroid dienone is 3. The fourth-order valence-corrected chi connectivity index (χ4v) is 2.19. The minimum absolute atomic E-state index is 0.0760. The molecule has 1 atom stereocenters. The molecule has 0 bridgehead atoms. The third-order valence-electron chi connectivity index (χ3n) is 3.16. The van der Waals surface area contributed by atoms with Gasteiger partial charge in [0.25, 0.3) is 0 Å². The summed E-state index contributed by atoms with van der Waals surface area (Å²) in [5.74, 6) is 0.373. The predicted octanol–water partition coefficient (Wildman–Crippen LogP) is 4.60. The summed E-state index contributed by atoms with van der Waals surface area (Å²) < 4.78 is 0. The average Bonchev–Trinajstić information content (AvgIpc) is 2.31. The van der Waals surface area contributed by atoms with Crippen LogP contribution < -0.4 is 5.73 Å². The van der Waals surface area contributed by atoms with E-state index in [1.807, 2.05) is 12.2 Å². The molecule has 2 heteroatoms. The van der Waals surface area contributed by atoms with E-state index in [1.54, 1.807) is 6.08 Å². The molecule has 0 aromatic rings. The van der Waals surface area contributed by atoms with E-state index in [4.69, 9.17) is 5.73 Å². The summed E-state index contributed by atoms with van der Waals surface area (Å²) >= 11 is 0. The van der Waals surface area contributed by atoms with Crippen LogP contribution >= 0.6 is 0 Å². The summed E-state index contributed by atoms with van der Waals surface area (Å²) in [4.78, 5) is 4.42. The van der Waals surface area contributed by atoms with Crippen molar-refractivity contribution in [3.05, 3.63) is 37.2 Å². The summed E-state index contributed by atoms with van der Waals surface area (Å²) in [6.07, 6.45) is 11.5. The molecule has 0 aliphatic carbocycles. The minimum Gasteiger partial charge on any atom is -0.384 e. The molecule has 0 fully saturated rings. The lowest BCUT2D eigenvalue weighted by molar-refractivity contribution is 0.377. The average molecular weight is 248 g/mol. The Morgan fingerprint density at radius 1 is 1.28 bits per heavy atom. The van der Waals surface area contributed by atoms with Gasteiger partial charge in [0.15, 0.2) is 0 Å². The van der Waals surface area contributed by atoms with Crippen LogP contribution in [0, 0.1) is 5.41 Å². The number of aliphatic imine (C=N–C) groups is 1. The Hall–Kier alpha value is -1.31. The van der Waals surface area contributed by atoms with Gasteiger partial charge >= 0.3 is 0 Å². The van der Waals surface area contributed by atoms with E-state index in [0.717, 1.165) is 25.0 Å². The standard InChI is InChI=1S/C16H28N2/c1-6-9-11-15(18-14(4)17)16(5,12-8-3)13-10-7-2/h6,9,11H,1,4,7-8,10,12-13,17H2,2-3,5H3/b11-9-,18-15?. The van der Waals surface area contributed by atoms with Crippen molar-refractivity contribution >= 4 is 5.71 Å². The van der Waals surface area contributed by atoms with Gasteiger partial charge in [-0.25, -0.2) is 4.99 Å². The molecule has 0 amide bonds. The van der Waals surface area contributed by atoms with Gasteiger partial charge in [-0.05, 0) is 18.9 Å². The lowest BCUT2D eigenvalue weighted by atomic mass is 9.76. The first-order valence-corrected chi connectivity index (χ1v) is 6.82. The maximum Gasteiger partial charge on any atom is 0.116 e. The molecule has 1 unspecified atom stereocenters. The summed E-state index contributed by atoms with van der Waals surface area (Å²) in [5, 5.41) is 0. The highest BCUT2D eigenvalue weighted by Gasteiger charge is 2.27. The van der Waals surface area contributed by atoms with E-state index in [-0.39, 0.29) is 5.41 Å². The van der Waals surface area contributed by atoms with Crippen molar-refractivity contribution in [2.24, 2.45) is 16.1 Å². The fraction of sp³-hybridized carbons (Fsp3) is 0.562. The lowest BCUT2D eigenvalue weighted by Gasteiger charge is -2.30. The highest BCUT2D eigenvalue weighted by molar-refractivity contribution is 6.00. The van der Waals surface area contributed by atoms with Gasteiger partial charge < -0.3 is 5.73 Å². The molecule has 0 saturated carbocycles. The highest BCUT2D eigenvalue weighted by atomic mass is 14.9. The van der Waals surface area contributed by atoms with Crippen LogP contribution in [0.25, 0.3) is 0 Å². The van der Waals surface area contributed by atoms with Crippen molar-refractivity contribution in [2.45, 2.75) is 52.9 Å². The van der Waals surface area contributed by atoms with Crippen LogP contribution in [0.1, 0.15) is 52.9 Å². The van der Waals surface area contributed by atoms with Crippen LogP contribution in [-0.2, 0) is 0 Å². The zero-order chi connectivity index (χ0) is 14.0. The van der Waals surface area contributed by atoms with E-state index in [9.17, 15) is 0 Å². The van der Waals surface area contributed by atoms with Crippen molar-refractivity contribution in [1.82, 2.24) is 0 Å². The Morgan fingerprint density at radius 3 is 2.39 bits per heavy atom. The van der Waals surface area contributed by atoms with E-state index < -0.39 is 0 Å². The molecule has 0 spiro atoms. The maximum absolute atomic E-state index is 5.64. The van der Waals surface area contributed by atoms with Gasteiger partial charge in [0.05, 0.1) is 0 Å². The second-order valence-corrected chi connectivity index (χ2v) is 5.00. The molecular formula is C16H28N2. The molecule has 0 heterocycles. The molecule has 0 aliphatic rings. The molecule has 0 saturated heterocycles. The lowest BCUT2D eigenvalue weighted by Crippen LogP contribution is -2.27.